The monoisotopic (exact) mass is 297 g/mol. The average Bonchev–Trinajstić information content (AvgIpc) is 2.42. The molecule has 0 saturated carbocycles. The largest absolute Gasteiger partial charge is 0.480 e. The molecule has 0 amide bonds. The number of hydrogen-bond donors (Lipinski definition) is 3. The molecule has 0 heterocycles. The van der Waals surface area contributed by atoms with Crippen molar-refractivity contribution in [3.63, 3.8) is 0 Å². The summed E-state index contributed by atoms with van der Waals surface area (Å²) in [5.74, 6) is 0.316. The smallest absolute Gasteiger partial charge is 0.329 e. The van der Waals surface area contributed by atoms with E-state index in [1.165, 1.54) is 0 Å². The summed E-state index contributed by atoms with van der Waals surface area (Å²) in [7, 11) is 0. The van der Waals surface area contributed by atoms with E-state index in [1.807, 2.05) is 44.2 Å². The van der Waals surface area contributed by atoms with Crippen molar-refractivity contribution in [2.75, 3.05) is 18.1 Å². The van der Waals surface area contributed by atoms with E-state index < -0.39 is 11.5 Å². The summed E-state index contributed by atoms with van der Waals surface area (Å²) < 4.78 is 0. The molecule has 5 heteroatoms. The third-order valence-corrected chi connectivity index (χ3v) is 4.15. The van der Waals surface area contributed by atoms with E-state index in [-0.39, 0.29) is 12.6 Å². The van der Waals surface area contributed by atoms with Crippen LogP contribution in [-0.2, 0) is 10.3 Å². The molecule has 0 radical (unpaired) electrons. The zero-order chi connectivity index (χ0) is 15.0. The normalized spacial score (nSPS) is 14.2. The quantitative estimate of drug-likeness (QED) is 0.609. The van der Waals surface area contributed by atoms with Gasteiger partial charge in [0.25, 0.3) is 0 Å². The van der Waals surface area contributed by atoms with Crippen molar-refractivity contribution in [3.8, 4) is 0 Å². The van der Waals surface area contributed by atoms with Crippen LogP contribution in [0.2, 0.25) is 0 Å². The molecule has 0 fully saturated rings. The van der Waals surface area contributed by atoms with E-state index in [4.69, 9.17) is 5.11 Å². The lowest BCUT2D eigenvalue weighted by molar-refractivity contribution is -0.144. The molecule has 0 saturated heterocycles. The molecule has 112 valence electrons. The zero-order valence-corrected chi connectivity index (χ0v) is 12.8. The van der Waals surface area contributed by atoms with Crippen LogP contribution in [0.3, 0.4) is 0 Å². The van der Waals surface area contributed by atoms with Crippen molar-refractivity contribution in [1.29, 1.82) is 0 Å². The van der Waals surface area contributed by atoms with Gasteiger partial charge in [-0.1, -0.05) is 30.3 Å². The van der Waals surface area contributed by atoms with Crippen LogP contribution in [0.25, 0.3) is 0 Å². The molecule has 0 aliphatic rings. The predicted octanol–water partition coefficient (Wildman–Crippen LogP) is 2.08. The first-order valence-corrected chi connectivity index (χ1v) is 7.93. The first kappa shape index (κ1) is 17.0. The van der Waals surface area contributed by atoms with Crippen LogP contribution < -0.4 is 5.32 Å². The highest BCUT2D eigenvalue weighted by molar-refractivity contribution is 7.99. The van der Waals surface area contributed by atoms with Crippen LogP contribution in [0.15, 0.2) is 30.3 Å². The lowest BCUT2D eigenvalue weighted by atomic mass is 9.91. The Kier molecular flexibility index (Phi) is 7.05. The average molecular weight is 297 g/mol. The van der Waals surface area contributed by atoms with Crippen molar-refractivity contribution in [2.24, 2.45) is 0 Å². The molecule has 1 aromatic rings. The fraction of sp³-hybridized carbons (Fsp3) is 0.533. The minimum atomic E-state index is -1.09. The van der Waals surface area contributed by atoms with Crippen molar-refractivity contribution >= 4 is 17.7 Å². The molecule has 0 spiro atoms. The first-order chi connectivity index (χ1) is 9.53. The van der Waals surface area contributed by atoms with E-state index in [2.05, 4.69) is 5.32 Å². The Morgan fingerprint density at radius 2 is 2.00 bits per heavy atom. The van der Waals surface area contributed by atoms with E-state index in [9.17, 15) is 9.90 Å². The molecule has 1 atom stereocenters. The summed E-state index contributed by atoms with van der Waals surface area (Å²) in [6.45, 7) is 4.02. The number of hydrogen-bond acceptors (Lipinski definition) is 4. The number of aliphatic hydroxyl groups excluding tert-OH is 1. The van der Waals surface area contributed by atoms with Gasteiger partial charge >= 0.3 is 5.97 Å². The number of aliphatic carboxylic acids is 1. The maximum atomic E-state index is 11.9. The topological polar surface area (TPSA) is 69.6 Å². The van der Waals surface area contributed by atoms with Gasteiger partial charge in [-0.15, -0.1) is 0 Å². The fourth-order valence-electron chi connectivity index (χ4n) is 2.06. The molecule has 0 aliphatic heterocycles. The minimum Gasteiger partial charge on any atom is -0.480 e. The summed E-state index contributed by atoms with van der Waals surface area (Å²) >= 11 is 1.55. The highest BCUT2D eigenvalue weighted by Crippen LogP contribution is 2.27. The van der Waals surface area contributed by atoms with Gasteiger partial charge in [-0.05, 0) is 31.6 Å². The summed E-state index contributed by atoms with van der Waals surface area (Å²) in [4.78, 5) is 11.9. The maximum absolute atomic E-state index is 11.9. The Morgan fingerprint density at radius 1 is 1.35 bits per heavy atom. The molecule has 20 heavy (non-hydrogen) atoms. The summed E-state index contributed by atoms with van der Waals surface area (Å²) in [6.07, 6.45) is 0.677. The van der Waals surface area contributed by atoms with Crippen LogP contribution >= 0.6 is 11.8 Å². The number of benzene rings is 1. The lowest BCUT2D eigenvalue weighted by Gasteiger charge is -2.33. The Labute approximate surface area is 124 Å². The van der Waals surface area contributed by atoms with Crippen LogP contribution in [0.1, 0.15) is 25.8 Å². The van der Waals surface area contributed by atoms with E-state index in [0.717, 1.165) is 11.3 Å². The third-order valence-electron chi connectivity index (χ3n) is 2.93. The number of rotatable bonds is 9. The van der Waals surface area contributed by atoms with Crippen LogP contribution in [0.4, 0.5) is 0 Å². The summed E-state index contributed by atoms with van der Waals surface area (Å²) in [5, 5.41) is 21.8. The third kappa shape index (κ3) is 4.51. The van der Waals surface area contributed by atoms with Crippen molar-refractivity contribution in [2.45, 2.75) is 31.8 Å². The number of carboxylic acids is 1. The summed E-state index contributed by atoms with van der Waals surface area (Å²) in [6, 6.07) is 9.34. The van der Waals surface area contributed by atoms with Gasteiger partial charge in [-0.2, -0.15) is 11.8 Å². The molecular formula is C15H23NO3S. The second-order valence-corrected chi connectivity index (χ2v) is 6.11. The molecule has 1 aromatic carbocycles. The van der Waals surface area contributed by atoms with Gasteiger partial charge in [0.2, 0.25) is 0 Å². The lowest BCUT2D eigenvalue weighted by Crippen LogP contribution is -2.54. The van der Waals surface area contributed by atoms with Crippen molar-refractivity contribution in [1.82, 2.24) is 5.32 Å². The zero-order valence-electron chi connectivity index (χ0n) is 12.0. The molecule has 3 N–H and O–H groups in total. The highest BCUT2D eigenvalue weighted by atomic mass is 32.2. The molecule has 0 aromatic heterocycles. The predicted molar refractivity (Wildman–Crippen MR) is 83.1 cm³/mol. The van der Waals surface area contributed by atoms with Gasteiger partial charge in [0.1, 0.15) is 0 Å². The second kappa shape index (κ2) is 8.29. The molecule has 4 nitrogen and oxygen atoms in total. The Morgan fingerprint density at radius 3 is 2.50 bits per heavy atom. The number of nitrogens with one attached hydrogen (secondary N) is 1. The van der Waals surface area contributed by atoms with Gasteiger partial charge in [-0.3, -0.25) is 5.32 Å². The van der Waals surface area contributed by atoms with Crippen molar-refractivity contribution < 1.29 is 15.0 Å². The molecule has 0 aliphatic carbocycles. The Balaban J connectivity index is 2.99. The van der Waals surface area contributed by atoms with Gasteiger partial charge in [0.15, 0.2) is 5.54 Å². The Bertz CT molecular complexity index is 411. The van der Waals surface area contributed by atoms with E-state index >= 15 is 0 Å². The SMILES string of the molecule is CC(C)NC(CSCCCO)(C(=O)O)c1ccccc1. The van der Waals surface area contributed by atoms with E-state index in [1.54, 1.807) is 11.8 Å². The van der Waals surface area contributed by atoms with Crippen LogP contribution in [0.5, 0.6) is 0 Å². The Hall–Kier alpha value is -1.04. The highest BCUT2D eigenvalue weighted by Gasteiger charge is 2.40. The van der Waals surface area contributed by atoms with Gasteiger partial charge < -0.3 is 10.2 Å². The van der Waals surface area contributed by atoms with Gasteiger partial charge in [-0.25, -0.2) is 4.79 Å². The van der Waals surface area contributed by atoms with Crippen molar-refractivity contribution in [3.05, 3.63) is 35.9 Å². The maximum Gasteiger partial charge on any atom is 0.329 e. The van der Waals surface area contributed by atoms with Crippen LogP contribution in [-0.4, -0.2) is 40.3 Å². The standard InChI is InChI=1S/C15H23NO3S/c1-12(2)16-15(14(18)19,11-20-10-6-9-17)13-7-4-3-5-8-13/h3-5,7-8,12,16-17H,6,9-11H2,1-2H3,(H,18,19). The minimum absolute atomic E-state index is 0.0600. The molecule has 1 unspecified atom stereocenters. The number of carbonyl (C=O) groups is 1. The fourth-order valence-corrected chi connectivity index (χ4v) is 3.22. The summed E-state index contributed by atoms with van der Waals surface area (Å²) in [5.41, 5.74) is -0.326. The van der Waals surface area contributed by atoms with Crippen LogP contribution in [0, 0.1) is 0 Å². The first-order valence-electron chi connectivity index (χ1n) is 6.78. The number of carboxylic acid groups (broad SMARTS) is 1. The van der Waals surface area contributed by atoms with Gasteiger partial charge in [0, 0.05) is 18.4 Å². The van der Waals surface area contributed by atoms with E-state index in [0.29, 0.717) is 12.2 Å². The van der Waals surface area contributed by atoms with Gasteiger partial charge in [0.05, 0.1) is 0 Å². The molecular weight excluding hydrogens is 274 g/mol. The number of thioether (sulfide) groups is 1. The molecule has 1 rings (SSSR count). The molecule has 0 bridgehead atoms. The second-order valence-electron chi connectivity index (χ2n) is 5.01. The number of aliphatic hydroxyl groups is 1.